The molecule has 0 aliphatic carbocycles. The van der Waals surface area contributed by atoms with Crippen molar-refractivity contribution in [3.05, 3.63) is 23.4 Å². The van der Waals surface area contributed by atoms with Gasteiger partial charge in [0.2, 0.25) is 11.7 Å². The van der Waals surface area contributed by atoms with Crippen LogP contribution in [0.4, 0.5) is 0 Å². The van der Waals surface area contributed by atoms with E-state index in [-0.39, 0.29) is 12.4 Å². The molecule has 0 aliphatic heterocycles. The maximum atomic E-state index is 11.3. The van der Waals surface area contributed by atoms with Crippen LogP contribution in [0, 0.1) is 0 Å². The van der Waals surface area contributed by atoms with Gasteiger partial charge in [0.25, 0.3) is 10.2 Å². The molecule has 7 nitrogen and oxygen atoms in total. The van der Waals surface area contributed by atoms with Crippen molar-refractivity contribution in [2.45, 2.75) is 13.5 Å². The van der Waals surface area contributed by atoms with E-state index in [2.05, 4.69) is 19.6 Å². The molecule has 0 aromatic carbocycles. The van der Waals surface area contributed by atoms with Crippen LogP contribution in [-0.2, 0) is 16.8 Å². The molecule has 0 spiro atoms. The monoisotopic (exact) mass is 288 g/mol. The highest BCUT2D eigenvalue weighted by Gasteiger charge is 2.12. The molecule has 18 heavy (non-hydrogen) atoms. The van der Waals surface area contributed by atoms with Crippen LogP contribution in [0.1, 0.15) is 12.8 Å². The summed E-state index contributed by atoms with van der Waals surface area (Å²) in [5, 5.41) is 5.68. The number of aromatic nitrogens is 2. The SMILES string of the molecule is CCNS(=O)(=O)NCc1nc(-c2cccs2)no1. The predicted octanol–water partition coefficient (Wildman–Crippen LogP) is 0.742. The summed E-state index contributed by atoms with van der Waals surface area (Å²) < 4.78 is 32.2. The molecule has 0 fully saturated rings. The van der Waals surface area contributed by atoms with Crippen LogP contribution in [0.2, 0.25) is 0 Å². The zero-order valence-corrected chi connectivity index (χ0v) is 11.2. The maximum absolute atomic E-state index is 11.3. The molecule has 0 aliphatic rings. The molecule has 2 aromatic heterocycles. The molecular formula is C9H12N4O3S2. The van der Waals surface area contributed by atoms with Gasteiger partial charge >= 0.3 is 0 Å². The van der Waals surface area contributed by atoms with E-state index < -0.39 is 10.2 Å². The van der Waals surface area contributed by atoms with Gasteiger partial charge in [0.15, 0.2) is 0 Å². The van der Waals surface area contributed by atoms with E-state index in [1.807, 2.05) is 17.5 Å². The molecule has 9 heteroatoms. The highest BCUT2D eigenvalue weighted by atomic mass is 32.2. The second-order valence-corrected chi connectivity index (χ2v) is 5.84. The smallest absolute Gasteiger partial charge is 0.277 e. The summed E-state index contributed by atoms with van der Waals surface area (Å²) >= 11 is 1.49. The van der Waals surface area contributed by atoms with Gasteiger partial charge in [-0.2, -0.15) is 18.1 Å². The molecule has 0 saturated carbocycles. The molecule has 2 aromatic rings. The molecule has 0 amide bonds. The van der Waals surface area contributed by atoms with Crippen LogP contribution >= 0.6 is 11.3 Å². The Morgan fingerprint density at radius 2 is 2.28 bits per heavy atom. The fourth-order valence-corrected chi connectivity index (χ4v) is 2.68. The molecule has 2 rings (SSSR count). The zero-order chi connectivity index (χ0) is 13.0. The van der Waals surface area contributed by atoms with Crippen LogP contribution in [0.3, 0.4) is 0 Å². The summed E-state index contributed by atoms with van der Waals surface area (Å²) in [4.78, 5) is 4.97. The quantitative estimate of drug-likeness (QED) is 0.817. The lowest BCUT2D eigenvalue weighted by atomic mass is 10.4. The first-order valence-corrected chi connectivity index (χ1v) is 7.57. The molecule has 0 saturated heterocycles. The van der Waals surface area contributed by atoms with Crippen LogP contribution in [0.5, 0.6) is 0 Å². The minimum absolute atomic E-state index is 0.0340. The van der Waals surface area contributed by atoms with Gasteiger partial charge in [0, 0.05) is 6.54 Å². The van der Waals surface area contributed by atoms with Crippen LogP contribution in [0.15, 0.2) is 22.0 Å². The van der Waals surface area contributed by atoms with E-state index in [0.717, 1.165) is 4.88 Å². The summed E-state index contributed by atoms with van der Waals surface area (Å²) in [6, 6.07) is 3.74. The molecule has 0 atom stereocenters. The minimum Gasteiger partial charge on any atom is -0.337 e. The van der Waals surface area contributed by atoms with Crippen molar-refractivity contribution in [3.63, 3.8) is 0 Å². The van der Waals surface area contributed by atoms with Crippen LogP contribution < -0.4 is 9.44 Å². The number of hydrogen-bond acceptors (Lipinski definition) is 6. The first-order valence-electron chi connectivity index (χ1n) is 5.21. The predicted molar refractivity (Wildman–Crippen MR) is 67.0 cm³/mol. The number of hydrogen-bond donors (Lipinski definition) is 2. The van der Waals surface area contributed by atoms with E-state index in [1.165, 1.54) is 11.3 Å². The van der Waals surface area contributed by atoms with Gasteiger partial charge in [-0.05, 0) is 11.4 Å². The number of nitrogens with one attached hydrogen (secondary N) is 2. The third-order valence-electron chi connectivity index (χ3n) is 1.96. The average Bonchev–Trinajstić information content (AvgIpc) is 2.97. The first kappa shape index (κ1) is 13.1. The second-order valence-electron chi connectivity index (χ2n) is 3.31. The standard InChI is InChI=1S/C9H12N4O3S2/c1-2-10-18(14,15)11-6-8-12-9(13-16-8)7-4-3-5-17-7/h3-5,10-11H,2,6H2,1H3. The van der Waals surface area contributed by atoms with Gasteiger partial charge in [-0.15, -0.1) is 11.3 Å². The second kappa shape index (κ2) is 5.57. The van der Waals surface area contributed by atoms with E-state index in [1.54, 1.807) is 6.92 Å². The van der Waals surface area contributed by atoms with E-state index in [4.69, 9.17) is 4.52 Å². The summed E-state index contributed by atoms with van der Waals surface area (Å²) in [5.41, 5.74) is 0. The molecule has 2 heterocycles. The normalized spacial score (nSPS) is 11.8. The third kappa shape index (κ3) is 3.35. The Labute approximate surface area is 108 Å². The molecule has 98 valence electrons. The molecule has 0 unspecified atom stereocenters. The Balaban J connectivity index is 2.00. The van der Waals surface area contributed by atoms with Crippen molar-refractivity contribution in [2.24, 2.45) is 0 Å². The van der Waals surface area contributed by atoms with E-state index in [0.29, 0.717) is 12.4 Å². The van der Waals surface area contributed by atoms with Gasteiger partial charge in [-0.25, -0.2) is 4.72 Å². The van der Waals surface area contributed by atoms with Crippen molar-refractivity contribution < 1.29 is 12.9 Å². The Hall–Kier alpha value is -1.29. The van der Waals surface area contributed by atoms with Crippen molar-refractivity contribution in [1.29, 1.82) is 0 Å². The summed E-state index contributed by atoms with van der Waals surface area (Å²) in [6.07, 6.45) is 0. The summed E-state index contributed by atoms with van der Waals surface area (Å²) in [5.74, 6) is 0.683. The Morgan fingerprint density at radius 3 is 2.94 bits per heavy atom. The lowest BCUT2D eigenvalue weighted by Gasteiger charge is -2.02. The number of thiophene rings is 1. The highest BCUT2D eigenvalue weighted by Crippen LogP contribution is 2.21. The fourth-order valence-electron chi connectivity index (χ4n) is 1.23. The van der Waals surface area contributed by atoms with Crippen molar-refractivity contribution in [3.8, 4) is 10.7 Å². The number of rotatable bonds is 6. The average molecular weight is 288 g/mol. The van der Waals surface area contributed by atoms with Crippen LogP contribution in [0.25, 0.3) is 10.7 Å². The Bertz CT molecular complexity index is 591. The van der Waals surface area contributed by atoms with Gasteiger partial charge < -0.3 is 4.52 Å². The largest absolute Gasteiger partial charge is 0.337 e. The molecule has 0 radical (unpaired) electrons. The molecular weight excluding hydrogens is 276 g/mol. The lowest BCUT2D eigenvalue weighted by Crippen LogP contribution is -2.35. The summed E-state index contributed by atoms with van der Waals surface area (Å²) in [7, 11) is -3.50. The summed E-state index contributed by atoms with van der Waals surface area (Å²) in [6.45, 7) is 1.98. The lowest BCUT2D eigenvalue weighted by molar-refractivity contribution is 0.375. The number of nitrogens with zero attached hydrogens (tertiary/aromatic N) is 2. The zero-order valence-electron chi connectivity index (χ0n) is 9.58. The minimum atomic E-state index is -3.50. The maximum Gasteiger partial charge on any atom is 0.277 e. The van der Waals surface area contributed by atoms with Crippen LogP contribution in [-0.4, -0.2) is 25.1 Å². The molecule has 0 bridgehead atoms. The third-order valence-corrected chi connectivity index (χ3v) is 4.02. The Kier molecular flexibility index (Phi) is 4.07. The fraction of sp³-hybridized carbons (Fsp3) is 0.333. The van der Waals surface area contributed by atoms with Crippen molar-refractivity contribution in [2.75, 3.05) is 6.54 Å². The van der Waals surface area contributed by atoms with Crippen molar-refractivity contribution in [1.82, 2.24) is 19.6 Å². The highest BCUT2D eigenvalue weighted by molar-refractivity contribution is 7.87. The van der Waals surface area contributed by atoms with Gasteiger partial charge in [-0.1, -0.05) is 18.1 Å². The van der Waals surface area contributed by atoms with Gasteiger partial charge in [0.05, 0.1) is 11.4 Å². The molecule has 2 N–H and O–H groups in total. The van der Waals surface area contributed by atoms with E-state index in [9.17, 15) is 8.42 Å². The van der Waals surface area contributed by atoms with Gasteiger partial charge in [-0.3, -0.25) is 0 Å². The van der Waals surface area contributed by atoms with Crippen molar-refractivity contribution >= 4 is 21.5 Å². The topological polar surface area (TPSA) is 97.1 Å². The Morgan fingerprint density at radius 1 is 1.44 bits per heavy atom. The van der Waals surface area contributed by atoms with Gasteiger partial charge in [0.1, 0.15) is 0 Å². The van der Waals surface area contributed by atoms with E-state index >= 15 is 0 Å². The first-order chi connectivity index (χ1) is 8.61.